The third-order valence-electron chi connectivity index (χ3n) is 1.92. The fraction of sp³-hybridized carbons (Fsp3) is 0.923. The predicted octanol–water partition coefficient (Wildman–Crippen LogP) is 3.82. The number of hydrogen-bond acceptors (Lipinski definition) is 2. The number of carbonyl (C=O) groups excluding carboxylic acids is 1. The lowest BCUT2D eigenvalue weighted by atomic mass is 9.97. The fourth-order valence-corrected chi connectivity index (χ4v) is 1.86. The Morgan fingerprint density at radius 3 is 1.31 bits per heavy atom. The van der Waals surface area contributed by atoms with Crippen molar-refractivity contribution in [2.75, 3.05) is 0 Å². The number of amides is 1. The van der Waals surface area contributed by atoms with Crippen molar-refractivity contribution in [3.8, 4) is 0 Å². The average Bonchev–Trinajstić information content (AvgIpc) is 1.70. The SMILES string of the molecule is CC(C)(C)OC(=O)N(C(C)(C)C)C(C)(C)C. The smallest absolute Gasteiger partial charge is 0.411 e. The van der Waals surface area contributed by atoms with Crippen molar-refractivity contribution < 1.29 is 9.53 Å². The maximum atomic E-state index is 12.2. The molecule has 16 heavy (non-hydrogen) atoms. The van der Waals surface area contributed by atoms with Gasteiger partial charge in [-0.3, -0.25) is 4.90 Å². The van der Waals surface area contributed by atoms with E-state index in [1.165, 1.54) is 0 Å². The highest BCUT2D eigenvalue weighted by molar-refractivity contribution is 5.70. The summed E-state index contributed by atoms with van der Waals surface area (Å²) in [6.45, 7) is 17.7. The largest absolute Gasteiger partial charge is 0.444 e. The molecule has 0 aromatic rings. The molecule has 0 rings (SSSR count). The van der Waals surface area contributed by atoms with Gasteiger partial charge in [0.1, 0.15) is 5.60 Å². The van der Waals surface area contributed by atoms with Gasteiger partial charge < -0.3 is 4.74 Å². The van der Waals surface area contributed by atoms with Crippen LogP contribution < -0.4 is 0 Å². The number of hydrogen-bond donors (Lipinski definition) is 0. The van der Waals surface area contributed by atoms with Gasteiger partial charge in [0.2, 0.25) is 0 Å². The summed E-state index contributed by atoms with van der Waals surface area (Å²) in [5.74, 6) is 0. The zero-order chi connectivity index (χ0) is 13.4. The van der Waals surface area contributed by atoms with Crippen LogP contribution >= 0.6 is 0 Å². The van der Waals surface area contributed by atoms with Gasteiger partial charge in [-0.15, -0.1) is 0 Å². The second kappa shape index (κ2) is 4.27. The molecule has 0 spiro atoms. The Morgan fingerprint density at radius 2 is 1.12 bits per heavy atom. The van der Waals surface area contributed by atoms with Crippen LogP contribution in [0, 0.1) is 0 Å². The van der Waals surface area contributed by atoms with Crippen LogP contribution in [0.5, 0.6) is 0 Å². The van der Waals surface area contributed by atoms with Gasteiger partial charge in [0.25, 0.3) is 0 Å². The molecule has 0 aliphatic carbocycles. The van der Waals surface area contributed by atoms with Crippen molar-refractivity contribution in [2.24, 2.45) is 0 Å². The first-order valence-electron chi connectivity index (χ1n) is 5.78. The predicted molar refractivity (Wildman–Crippen MR) is 67.6 cm³/mol. The van der Waals surface area contributed by atoms with Gasteiger partial charge in [-0.25, -0.2) is 4.79 Å². The van der Waals surface area contributed by atoms with Crippen LogP contribution in [0.25, 0.3) is 0 Å². The molecule has 0 heterocycles. The first kappa shape index (κ1) is 15.3. The highest BCUT2D eigenvalue weighted by atomic mass is 16.6. The first-order valence-corrected chi connectivity index (χ1v) is 5.78. The van der Waals surface area contributed by atoms with E-state index in [2.05, 4.69) is 0 Å². The molecule has 0 bridgehead atoms. The Hall–Kier alpha value is -0.730. The Kier molecular flexibility index (Phi) is 4.07. The van der Waals surface area contributed by atoms with Crippen LogP contribution in [-0.2, 0) is 4.74 Å². The van der Waals surface area contributed by atoms with Crippen LogP contribution in [-0.4, -0.2) is 27.7 Å². The summed E-state index contributed by atoms with van der Waals surface area (Å²) < 4.78 is 5.44. The molecule has 0 aliphatic rings. The summed E-state index contributed by atoms with van der Waals surface area (Å²) in [5.41, 5.74) is -0.951. The quantitative estimate of drug-likeness (QED) is 0.632. The Bertz CT molecular complexity index is 237. The lowest BCUT2D eigenvalue weighted by molar-refractivity contribution is -0.0218. The lowest BCUT2D eigenvalue weighted by Gasteiger charge is -2.45. The third-order valence-corrected chi connectivity index (χ3v) is 1.92. The van der Waals surface area contributed by atoms with E-state index < -0.39 is 5.60 Å². The molecule has 0 saturated carbocycles. The second-order valence-electron chi connectivity index (χ2n) is 7.16. The van der Waals surface area contributed by atoms with E-state index in [4.69, 9.17) is 4.74 Å². The van der Waals surface area contributed by atoms with Gasteiger partial charge >= 0.3 is 6.09 Å². The normalized spacial score (nSPS) is 13.6. The maximum Gasteiger partial charge on any atom is 0.411 e. The minimum Gasteiger partial charge on any atom is -0.444 e. The highest BCUT2D eigenvalue weighted by Crippen LogP contribution is 2.27. The van der Waals surface area contributed by atoms with Gasteiger partial charge in [-0.1, -0.05) is 0 Å². The monoisotopic (exact) mass is 229 g/mol. The van der Waals surface area contributed by atoms with E-state index >= 15 is 0 Å². The van der Waals surface area contributed by atoms with Crippen LogP contribution in [0.3, 0.4) is 0 Å². The number of nitrogens with zero attached hydrogens (tertiary/aromatic N) is 1. The number of ether oxygens (including phenoxy) is 1. The van der Waals surface area contributed by atoms with E-state index in [9.17, 15) is 4.79 Å². The Labute approximate surface area is 100 Å². The summed E-state index contributed by atoms with van der Waals surface area (Å²) in [5, 5.41) is 0. The Morgan fingerprint density at radius 1 is 0.812 bits per heavy atom. The van der Waals surface area contributed by atoms with Crippen molar-refractivity contribution in [1.82, 2.24) is 4.90 Å². The third kappa shape index (κ3) is 4.86. The van der Waals surface area contributed by atoms with Crippen LogP contribution in [0.15, 0.2) is 0 Å². The summed E-state index contributed by atoms with van der Waals surface area (Å²) in [6.07, 6.45) is -0.257. The summed E-state index contributed by atoms with van der Waals surface area (Å²) >= 11 is 0. The summed E-state index contributed by atoms with van der Waals surface area (Å²) in [7, 11) is 0. The van der Waals surface area contributed by atoms with Gasteiger partial charge in [-0.2, -0.15) is 0 Å². The van der Waals surface area contributed by atoms with E-state index in [1.807, 2.05) is 62.3 Å². The molecule has 0 fully saturated rings. The molecule has 0 atom stereocenters. The maximum absolute atomic E-state index is 12.2. The standard InChI is InChI=1S/C13H27NO2/c1-11(2,3)14(12(4,5)6)10(15)16-13(7,8)9/h1-9H3. The molecule has 0 aromatic carbocycles. The highest BCUT2D eigenvalue weighted by Gasteiger charge is 2.38. The van der Waals surface area contributed by atoms with Crippen molar-refractivity contribution in [3.63, 3.8) is 0 Å². The molecule has 0 saturated heterocycles. The van der Waals surface area contributed by atoms with Gasteiger partial charge in [0.15, 0.2) is 0 Å². The summed E-state index contributed by atoms with van der Waals surface area (Å²) in [6, 6.07) is 0. The van der Waals surface area contributed by atoms with Gasteiger partial charge in [0.05, 0.1) is 0 Å². The van der Waals surface area contributed by atoms with E-state index in [0.29, 0.717) is 0 Å². The fourth-order valence-electron chi connectivity index (χ4n) is 1.86. The van der Waals surface area contributed by atoms with Crippen LogP contribution in [0.1, 0.15) is 62.3 Å². The van der Waals surface area contributed by atoms with Crippen molar-refractivity contribution in [3.05, 3.63) is 0 Å². The second-order valence-corrected chi connectivity index (χ2v) is 7.16. The van der Waals surface area contributed by atoms with Crippen LogP contribution in [0.4, 0.5) is 4.79 Å². The van der Waals surface area contributed by atoms with Crippen LogP contribution in [0.2, 0.25) is 0 Å². The molecule has 1 amide bonds. The van der Waals surface area contributed by atoms with E-state index in [-0.39, 0.29) is 17.2 Å². The number of carbonyl (C=O) groups is 1. The van der Waals surface area contributed by atoms with Crippen molar-refractivity contribution >= 4 is 6.09 Å². The van der Waals surface area contributed by atoms with E-state index in [0.717, 1.165) is 0 Å². The van der Waals surface area contributed by atoms with Gasteiger partial charge in [0, 0.05) is 11.1 Å². The lowest BCUT2D eigenvalue weighted by Crippen LogP contribution is -2.56. The molecule has 0 unspecified atom stereocenters. The van der Waals surface area contributed by atoms with Crippen molar-refractivity contribution in [2.45, 2.75) is 79.0 Å². The van der Waals surface area contributed by atoms with E-state index in [1.54, 1.807) is 4.90 Å². The molecular weight excluding hydrogens is 202 g/mol. The molecule has 3 nitrogen and oxygen atoms in total. The molecule has 0 radical (unpaired) electrons. The zero-order valence-corrected chi connectivity index (χ0v) is 12.3. The molecule has 96 valence electrons. The Balaban J connectivity index is 5.03. The minimum absolute atomic E-state index is 0.249. The molecule has 0 aliphatic heterocycles. The minimum atomic E-state index is -0.453. The average molecular weight is 229 g/mol. The topological polar surface area (TPSA) is 29.5 Å². The molecular formula is C13H27NO2. The summed E-state index contributed by atoms with van der Waals surface area (Å²) in [4.78, 5) is 13.9. The number of rotatable bonds is 0. The first-order chi connectivity index (χ1) is 6.75. The molecule has 0 aromatic heterocycles. The molecule has 3 heteroatoms. The molecule has 0 N–H and O–H groups in total. The van der Waals surface area contributed by atoms with Gasteiger partial charge in [-0.05, 0) is 62.3 Å². The van der Waals surface area contributed by atoms with Crippen molar-refractivity contribution in [1.29, 1.82) is 0 Å². The zero-order valence-electron chi connectivity index (χ0n) is 12.3.